The summed E-state index contributed by atoms with van der Waals surface area (Å²) in [6.45, 7) is 10.7. The number of carbonyl (C=O) groups is 2. The van der Waals surface area contributed by atoms with Crippen molar-refractivity contribution in [2.75, 3.05) is 11.1 Å². The number of hydrogen-bond donors (Lipinski definition) is 2. The van der Waals surface area contributed by atoms with Crippen LogP contribution in [0.25, 0.3) is 0 Å². The van der Waals surface area contributed by atoms with Crippen molar-refractivity contribution in [3.63, 3.8) is 0 Å². The number of aryl methyl sites for hydroxylation is 2. The maximum absolute atomic E-state index is 12.9. The Morgan fingerprint density at radius 1 is 1.12 bits per heavy atom. The molecule has 7 nitrogen and oxygen atoms in total. The number of halogens is 1. The molecule has 34 heavy (non-hydrogen) atoms. The summed E-state index contributed by atoms with van der Waals surface area (Å²) in [5.74, 6) is 0.762. The van der Waals surface area contributed by atoms with Crippen LogP contribution >= 0.6 is 34.4 Å². The number of amides is 2. The molecule has 1 atom stereocenters. The zero-order valence-electron chi connectivity index (χ0n) is 20.1. The smallest absolute Gasteiger partial charge is 0.251 e. The molecular formula is C25H30IN5O2S. The van der Waals surface area contributed by atoms with Gasteiger partial charge in [0.15, 0.2) is 11.0 Å². The predicted molar refractivity (Wildman–Crippen MR) is 145 cm³/mol. The highest BCUT2D eigenvalue weighted by Crippen LogP contribution is 2.26. The fourth-order valence-corrected chi connectivity index (χ4v) is 5.01. The highest BCUT2D eigenvalue weighted by atomic mass is 127. The SMILES string of the molecule is CCn1c(SCC(=O)Nc2ccc(I)cc2C)nnc1[C@@H](NC(=O)c1cccc(C)c1)C(C)C. The quantitative estimate of drug-likeness (QED) is 0.258. The van der Waals surface area contributed by atoms with Gasteiger partial charge in [0.25, 0.3) is 5.91 Å². The molecule has 1 heterocycles. The molecule has 2 N–H and O–H groups in total. The molecule has 0 saturated carbocycles. The lowest BCUT2D eigenvalue weighted by molar-refractivity contribution is -0.113. The van der Waals surface area contributed by atoms with Crippen molar-refractivity contribution in [1.29, 1.82) is 0 Å². The number of carbonyl (C=O) groups excluding carboxylic acids is 2. The fraction of sp³-hybridized carbons (Fsp3) is 0.360. The Kier molecular flexibility index (Phi) is 9.12. The molecule has 0 radical (unpaired) electrons. The topological polar surface area (TPSA) is 88.9 Å². The summed E-state index contributed by atoms with van der Waals surface area (Å²) < 4.78 is 3.09. The molecule has 9 heteroatoms. The van der Waals surface area contributed by atoms with Crippen molar-refractivity contribution < 1.29 is 9.59 Å². The van der Waals surface area contributed by atoms with Crippen molar-refractivity contribution in [1.82, 2.24) is 20.1 Å². The van der Waals surface area contributed by atoms with Crippen LogP contribution in [0.3, 0.4) is 0 Å². The summed E-state index contributed by atoms with van der Waals surface area (Å²) in [6.07, 6.45) is 0. The van der Waals surface area contributed by atoms with Gasteiger partial charge >= 0.3 is 0 Å². The lowest BCUT2D eigenvalue weighted by Gasteiger charge is -2.22. The fourth-order valence-electron chi connectivity index (χ4n) is 3.56. The average molecular weight is 592 g/mol. The molecule has 0 aliphatic heterocycles. The maximum atomic E-state index is 12.9. The molecule has 180 valence electrons. The first-order valence-electron chi connectivity index (χ1n) is 11.2. The minimum atomic E-state index is -0.307. The van der Waals surface area contributed by atoms with E-state index in [1.807, 2.05) is 75.6 Å². The van der Waals surface area contributed by atoms with E-state index >= 15 is 0 Å². The number of rotatable bonds is 9. The molecule has 0 spiro atoms. The van der Waals surface area contributed by atoms with Gasteiger partial charge in [-0.3, -0.25) is 9.59 Å². The second-order valence-electron chi connectivity index (χ2n) is 8.45. The molecule has 1 aromatic heterocycles. The Labute approximate surface area is 218 Å². The average Bonchev–Trinajstić information content (AvgIpc) is 3.20. The third-order valence-corrected chi connectivity index (χ3v) is 7.01. The van der Waals surface area contributed by atoms with Gasteiger partial charge in [0.1, 0.15) is 0 Å². The van der Waals surface area contributed by atoms with E-state index in [0.717, 1.165) is 20.4 Å². The third kappa shape index (κ3) is 6.59. The third-order valence-electron chi connectivity index (χ3n) is 5.37. The Hall–Kier alpha value is -2.40. The van der Waals surface area contributed by atoms with Gasteiger partial charge < -0.3 is 15.2 Å². The molecule has 0 saturated heterocycles. The summed E-state index contributed by atoms with van der Waals surface area (Å²) >= 11 is 3.59. The van der Waals surface area contributed by atoms with Crippen LogP contribution in [0.15, 0.2) is 47.6 Å². The standard InChI is InChI=1S/C25H30IN5O2S/c1-6-31-23(22(15(2)3)28-24(33)18-9-7-8-16(4)12-18)29-30-25(31)34-14-21(32)27-20-11-10-19(26)13-17(20)5/h7-13,15,22H,6,14H2,1-5H3,(H,27,32)(H,28,33)/t22-/m0/s1. The van der Waals surface area contributed by atoms with Crippen molar-refractivity contribution in [2.24, 2.45) is 5.92 Å². The maximum Gasteiger partial charge on any atom is 0.251 e. The zero-order chi connectivity index (χ0) is 24.8. The van der Waals surface area contributed by atoms with E-state index in [2.05, 4.69) is 43.4 Å². The second kappa shape index (κ2) is 11.8. The van der Waals surface area contributed by atoms with Gasteiger partial charge in [-0.2, -0.15) is 0 Å². The van der Waals surface area contributed by atoms with E-state index in [9.17, 15) is 9.59 Å². The van der Waals surface area contributed by atoms with Gasteiger partial charge in [0.05, 0.1) is 11.8 Å². The van der Waals surface area contributed by atoms with Crippen LogP contribution in [0.1, 0.15) is 54.1 Å². The van der Waals surface area contributed by atoms with E-state index in [4.69, 9.17) is 0 Å². The Balaban J connectivity index is 1.72. The van der Waals surface area contributed by atoms with Gasteiger partial charge in [-0.05, 0) is 85.2 Å². The molecule has 0 aliphatic carbocycles. The molecule has 2 aromatic carbocycles. The summed E-state index contributed by atoms with van der Waals surface area (Å²) in [7, 11) is 0. The van der Waals surface area contributed by atoms with Gasteiger partial charge in [0, 0.05) is 21.4 Å². The van der Waals surface area contributed by atoms with Crippen molar-refractivity contribution in [3.05, 3.63) is 68.5 Å². The minimum Gasteiger partial charge on any atom is -0.342 e. The van der Waals surface area contributed by atoms with Crippen LogP contribution in [0.5, 0.6) is 0 Å². The van der Waals surface area contributed by atoms with Crippen molar-refractivity contribution in [2.45, 2.75) is 52.4 Å². The van der Waals surface area contributed by atoms with E-state index in [1.54, 1.807) is 6.07 Å². The van der Waals surface area contributed by atoms with E-state index in [1.165, 1.54) is 11.8 Å². The molecule has 0 fully saturated rings. The molecule has 3 rings (SSSR count). The molecule has 3 aromatic rings. The van der Waals surface area contributed by atoms with Crippen molar-refractivity contribution >= 4 is 51.9 Å². The zero-order valence-corrected chi connectivity index (χ0v) is 23.0. The molecule has 2 amide bonds. The molecular weight excluding hydrogens is 561 g/mol. The van der Waals surface area contributed by atoms with Gasteiger partial charge in [-0.1, -0.05) is 43.3 Å². The summed E-state index contributed by atoms with van der Waals surface area (Å²) in [5, 5.41) is 15.5. The number of anilines is 1. The summed E-state index contributed by atoms with van der Waals surface area (Å²) in [4.78, 5) is 25.5. The number of nitrogens with one attached hydrogen (secondary N) is 2. The monoisotopic (exact) mass is 591 g/mol. The number of benzene rings is 2. The number of nitrogens with zero attached hydrogens (tertiary/aromatic N) is 3. The van der Waals surface area contributed by atoms with Crippen LogP contribution in [0.4, 0.5) is 5.69 Å². The van der Waals surface area contributed by atoms with Crippen LogP contribution in [0, 0.1) is 23.3 Å². The summed E-state index contributed by atoms with van der Waals surface area (Å²) in [5.41, 5.74) is 3.48. The highest BCUT2D eigenvalue weighted by Gasteiger charge is 2.26. The van der Waals surface area contributed by atoms with E-state index in [-0.39, 0.29) is 29.5 Å². The van der Waals surface area contributed by atoms with Crippen LogP contribution in [-0.4, -0.2) is 32.3 Å². The molecule has 0 unspecified atom stereocenters. The highest BCUT2D eigenvalue weighted by molar-refractivity contribution is 14.1. The summed E-state index contributed by atoms with van der Waals surface area (Å²) in [6, 6.07) is 13.1. The Morgan fingerprint density at radius 3 is 2.53 bits per heavy atom. The largest absolute Gasteiger partial charge is 0.342 e. The first-order chi connectivity index (χ1) is 16.2. The van der Waals surface area contributed by atoms with Gasteiger partial charge in [0.2, 0.25) is 5.91 Å². The Bertz CT molecular complexity index is 1180. The first-order valence-corrected chi connectivity index (χ1v) is 13.3. The second-order valence-corrected chi connectivity index (χ2v) is 10.6. The van der Waals surface area contributed by atoms with E-state index < -0.39 is 0 Å². The van der Waals surface area contributed by atoms with Gasteiger partial charge in [-0.25, -0.2) is 0 Å². The van der Waals surface area contributed by atoms with Crippen LogP contribution in [-0.2, 0) is 11.3 Å². The van der Waals surface area contributed by atoms with E-state index in [0.29, 0.717) is 23.1 Å². The Morgan fingerprint density at radius 2 is 1.88 bits per heavy atom. The van der Waals surface area contributed by atoms with Crippen LogP contribution < -0.4 is 10.6 Å². The predicted octanol–water partition coefficient (Wildman–Crippen LogP) is 5.38. The minimum absolute atomic E-state index is 0.102. The number of hydrogen-bond acceptors (Lipinski definition) is 5. The number of aromatic nitrogens is 3. The van der Waals surface area contributed by atoms with Crippen molar-refractivity contribution in [3.8, 4) is 0 Å². The lowest BCUT2D eigenvalue weighted by Crippen LogP contribution is -2.33. The first kappa shape index (κ1) is 26.2. The number of thioether (sulfide) groups is 1. The lowest BCUT2D eigenvalue weighted by atomic mass is 10.0. The molecule has 0 aliphatic rings. The van der Waals surface area contributed by atoms with Gasteiger partial charge in [-0.15, -0.1) is 10.2 Å². The molecule has 0 bridgehead atoms. The van der Waals surface area contributed by atoms with Crippen LogP contribution in [0.2, 0.25) is 0 Å². The normalized spacial score (nSPS) is 12.0.